The summed E-state index contributed by atoms with van der Waals surface area (Å²) in [6.07, 6.45) is 19.8. The fourth-order valence-electron chi connectivity index (χ4n) is 2.05. The summed E-state index contributed by atoms with van der Waals surface area (Å²) >= 11 is 0. The molecule has 1 unspecified atom stereocenters. The van der Waals surface area contributed by atoms with Gasteiger partial charge in [0.25, 0.3) is 0 Å². The van der Waals surface area contributed by atoms with E-state index in [-0.39, 0.29) is 0 Å². The van der Waals surface area contributed by atoms with E-state index < -0.39 is 0 Å². The lowest BCUT2D eigenvalue weighted by atomic mass is 9.90. The van der Waals surface area contributed by atoms with Crippen LogP contribution < -0.4 is 0 Å². The van der Waals surface area contributed by atoms with Gasteiger partial charge in [0.15, 0.2) is 0 Å². The van der Waals surface area contributed by atoms with Gasteiger partial charge in [0, 0.05) is 0 Å². The first-order valence-corrected chi connectivity index (χ1v) is 6.21. The van der Waals surface area contributed by atoms with E-state index in [9.17, 15) is 0 Å². The van der Waals surface area contributed by atoms with Crippen molar-refractivity contribution in [2.24, 2.45) is 5.92 Å². The Morgan fingerprint density at radius 2 is 2.18 bits per heavy atom. The van der Waals surface area contributed by atoms with Gasteiger partial charge in [0.2, 0.25) is 0 Å². The molecular weight excluding hydrogens is 204 g/mol. The Morgan fingerprint density at radius 3 is 2.88 bits per heavy atom. The summed E-state index contributed by atoms with van der Waals surface area (Å²) in [5.41, 5.74) is 2.90. The molecule has 0 spiro atoms. The zero-order chi connectivity index (χ0) is 12.5. The van der Waals surface area contributed by atoms with E-state index in [1.807, 2.05) is 12.2 Å². The van der Waals surface area contributed by atoms with Gasteiger partial charge in [-0.1, -0.05) is 73.3 Å². The Hall–Kier alpha value is -1.56. The molecule has 0 aromatic heterocycles. The minimum atomic E-state index is 0.553. The molecule has 0 amide bonds. The highest BCUT2D eigenvalue weighted by Crippen LogP contribution is 2.25. The Balaban J connectivity index is 2.66. The first-order chi connectivity index (χ1) is 8.27. The molecule has 0 aromatic rings. The van der Waals surface area contributed by atoms with Crippen LogP contribution in [-0.4, -0.2) is 0 Å². The Kier molecular flexibility index (Phi) is 6.09. The van der Waals surface area contributed by atoms with Crippen molar-refractivity contribution in [3.8, 4) is 0 Å². The Bertz CT molecular complexity index is 375. The minimum Gasteiger partial charge on any atom is -0.103 e. The van der Waals surface area contributed by atoms with Crippen LogP contribution in [0.25, 0.3) is 0 Å². The van der Waals surface area contributed by atoms with E-state index in [2.05, 4.69) is 56.5 Å². The SMILES string of the molecule is C=C/C=C(\CC=C)C(C)CC1=CC=CC=CC1. The Labute approximate surface area is 105 Å². The van der Waals surface area contributed by atoms with Crippen LogP contribution in [0.15, 0.2) is 72.9 Å². The van der Waals surface area contributed by atoms with Crippen molar-refractivity contribution in [2.45, 2.75) is 26.2 Å². The third-order valence-corrected chi connectivity index (χ3v) is 2.98. The Morgan fingerprint density at radius 1 is 1.35 bits per heavy atom. The van der Waals surface area contributed by atoms with Gasteiger partial charge in [-0.3, -0.25) is 0 Å². The van der Waals surface area contributed by atoms with Crippen LogP contribution in [-0.2, 0) is 0 Å². The quantitative estimate of drug-likeness (QED) is 0.434. The van der Waals surface area contributed by atoms with Crippen molar-refractivity contribution in [3.05, 3.63) is 72.9 Å². The zero-order valence-electron chi connectivity index (χ0n) is 10.7. The first kappa shape index (κ1) is 13.5. The van der Waals surface area contributed by atoms with E-state index in [1.165, 1.54) is 11.1 Å². The number of rotatable bonds is 6. The molecule has 1 atom stereocenters. The second kappa shape index (κ2) is 7.67. The van der Waals surface area contributed by atoms with Crippen molar-refractivity contribution in [2.75, 3.05) is 0 Å². The smallest absolute Gasteiger partial charge is 0.0132 e. The lowest BCUT2D eigenvalue weighted by Crippen LogP contribution is -2.01. The maximum Gasteiger partial charge on any atom is -0.0132 e. The predicted octanol–water partition coefficient (Wildman–Crippen LogP) is 5.14. The van der Waals surface area contributed by atoms with Gasteiger partial charge < -0.3 is 0 Å². The first-order valence-electron chi connectivity index (χ1n) is 6.21. The second-order valence-corrected chi connectivity index (χ2v) is 4.42. The third kappa shape index (κ3) is 4.86. The van der Waals surface area contributed by atoms with Crippen molar-refractivity contribution in [1.82, 2.24) is 0 Å². The van der Waals surface area contributed by atoms with Crippen LogP contribution >= 0.6 is 0 Å². The summed E-state index contributed by atoms with van der Waals surface area (Å²) in [6.45, 7) is 9.87. The van der Waals surface area contributed by atoms with Gasteiger partial charge in [0.05, 0.1) is 0 Å². The summed E-state index contributed by atoms with van der Waals surface area (Å²) in [6, 6.07) is 0. The molecule has 0 bridgehead atoms. The molecule has 0 fully saturated rings. The molecule has 0 radical (unpaired) electrons. The topological polar surface area (TPSA) is 0 Å². The van der Waals surface area contributed by atoms with Crippen molar-refractivity contribution in [3.63, 3.8) is 0 Å². The van der Waals surface area contributed by atoms with E-state index >= 15 is 0 Å². The fraction of sp³-hybridized carbons (Fsp3) is 0.294. The molecule has 0 N–H and O–H groups in total. The van der Waals surface area contributed by atoms with Crippen LogP contribution in [0.3, 0.4) is 0 Å². The molecule has 0 saturated carbocycles. The maximum absolute atomic E-state index is 3.81. The number of hydrogen-bond donors (Lipinski definition) is 0. The molecule has 1 aliphatic carbocycles. The molecule has 0 nitrogen and oxygen atoms in total. The zero-order valence-corrected chi connectivity index (χ0v) is 10.7. The minimum absolute atomic E-state index is 0.553. The average molecular weight is 226 g/mol. The highest BCUT2D eigenvalue weighted by molar-refractivity contribution is 5.25. The van der Waals surface area contributed by atoms with Gasteiger partial charge in [-0.05, 0) is 25.2 Å². The molecule has 17 heavy (non-hydrogen) atoms. The lowest BCUT2D eigenvalue weighted by molar-refractivity contribution is 0.651. The monoisotopic (exact) mass is 226 g/mol. The van der Waals surface area contributed by atoms with Crippen molar-refractivity contribution < 1.29 is 0 Å². The molecular formula is C17H22. The van der Waals surface area contributed by atoms with Gasteiger partial charge in [-0.2, -0.15) is 0 Å². The number of hydrogen-bond acceptors (Lipinski definition) is 0. The molecule has 90 valence electrons. The standard InChI is InChI=1S/C17H22/c1-4-10-17(11-5-2)15(3)14-16-12-8-6-7-9-13-16/h4-10,12,15H,1-2,11,13-14H2,3H3/b17-10+. The van der Waals surface area contributed by atoms with Crippen LogP contribution in [0.5, 0.6) is 0 Å². The molecule has 0 saturated heterocycles. The van der Waals surface area contributed by atoms with Crippen LogP contribution in [0.1, 0.15) is 26.2 Å². The number of allylic oxidation sites excluding steroid dienone is 10. The molecule has 0 aliphatic heterocycles. The normalized spacial score (nSPS) is 17.2. The highest BCUT2D eigenvalue weighted by Gasteiger charge is 2.09. The highest BCUT2D eigenvalue weighted by atomic mass is 14.1. The van der Waals surface area contributed by atoms with Crippen LogP contribution in [0, 0.1) is 5.92 Å². The third-order valence-electron chi connectivity index (χ3n) is 2.98. The average Bonchev–Trinajstić information content (AvgIpc) is 2.57. The molecule has 0 heterocycles. The predicted molar refractivity (Wildman–Crippen MR) is 77.9 cm³/mol. The summed E-state index contributed by atoms with van der Waals surface area (Å²) in [4.78, 5) is 0. The summed E-state index contributed by atoms with van der Waals surface area (Å²) in [5, 5.41) is 0. The van der Waals surface area contributed by atoms with E-state index in [4.69, 9.17) is 0 Å². The van der Waals surface area contributed by atoms with Crippen molar-refractivity contribution >= 4 is 0 Å². The van der Waals surface area contributed by atoms with Gasteiger partial charge in [-0.15, -0.1) is 6.58 Å². The lowest BCUT2D eigenvalue weighted by Gasteiger charge is -2.16. The van der Waals surface area contributed by atoms with E-state index in [0.717, 1.165) is 19.3 Å². The summed E-state index contributed by atoms with van der Waals surface area (Å²) < 4.78 is 0. The molecule has 1 rings (SSSR count). The fourth-order valence-corrected chi connectivity index (χ4v) is 2.05. The molecule has 0 heteroatoms. The van der Waals surface area contributed by atoms with Gasteiger partial charge in [0.1, 0.15) is 0 Å². The molecule has 0 aromatic carbocycles. The van der Waals surface area contributed by atoms with Crippen molar-refractivity contribution in [1.29, 1.82) is 0 Å². The van der Waals surface area contributed by atoms with E-state index in [1.54, 1.807) is 0 Å². The largest absolute Gasteiger partial charge is 0.103 e. The summed E-state index contributed by atoms with van der Waals surface area (Å²) in [5.74, 6) is 0.553. The second-order valence-electron chi connectivity index (χ2n) is 4.42. The van der Waals surface area contributed by atoms with Crippen LogP contribution in [0.2, 0.25) is 0 Å². The van der Waals surface area contributed by atoms with Crippen LogP contribution in [0.4, 0.5) is 0 Å². The molecule has 1 aliphatic rings. The maximum atomic E-state index is 3.81. The van der Waals surface area contributed by atoms with E-state index in [0.29, 0.717) is 5.92 Å². The van der Waals surface area contributed by atoms with Gasteiger partial charge >= 0.3 is 0 Å². The summed E-state index contributed by atoms with van der Waals surface area (Å²) in [7, 11) is 0. The van der Waals surface area contributed by atoms with Gasteiger partial charge in [-0.25, -0.2) is 0 Å².